The molecule has 4 heteroatoms. The quantitative estimate of drug-likeness (QED) is 0.509. The molecule has 0 radical (unpaired) electrons. The van der Waals surface area contributed by atoms with Gasteiger partial charge in [-0.15, -0.1) is 0 Å². The summed E-state index contributed by atoms with van der Waals surface area (Å²) in [5.41, 5.74) is 6.54. The Balaban J connectivity index is 4.63. The molecule has 0 heterocycles. The van der Waals surface area contributed by atoms with E-state index in [2.05, 4.69) is 25.8 Å². The Morgan fingerprint density at radius 3 is 2.17 bits per heavy atom. The molecule has 0 aromatic heterocycles. The van der Waals surface area contributed by atoms with E-state index in [9.17, 15) is 0 Å². The molecule has 0 saturated heterocycles. The molecule has 0 aromatic carbocycles. The molecule has 70 valence electrons. The molecule has 3 nitrogen and oxygen atoms in total. The molecule has 0 aliphatic heterocycles. The van der Waals surface area contributed by atoms with Crippen molar-refractivity contribution in [3.05, 3.63) is 11.1 Å². The maximum atomic E-state index is 5.56. The van der Waals surface area contributed by atoms with E-state index < -0.39 is 0 Å². The van der Waals surface area contributed by atoms with E-state index in [-0.39, 0.29) is 5.41 Å². The van der Waals surface area contributed by atoms with Crippen LogP contribution < -0.4 is 10.9 Å². The van der Waals surface area contributed by atoms with Gasteiger partial charge >= 0.3 is 0 Å². The lowest BCUT2D eigenvalue weighted by Gasteiger charge is -2.18. The first-order valence-corrected chi connectivity index (χ1v) is 4.61. The van der Waals surface area contributed by atoms with Crippen molar-refractivity contribution < 1.29 is 0 Å². The summed E-state index contributed by atoms with van der Waals surface area (Å²) in [6.45, 7) is 6.25. The van der Waals surface area contributed by atoms with Crippen LogP contribution in [0, 0.1) is 5.41 Å². The zero-order valence-corrected chi connectivity index (χ0v) is 8.90. The fourth-order valence-electron chi connectivity index (χ4n) is 0.785. The van der Waals surface area contributed by atoms with Gasteiger partial charge in [0.15, 0.2) is 0 Å². The zero-order chi connectivity index (χ0) is 9.78. The fraction of sp³-hybridized carbons (Fsp3) is 0.625. The first-order valence-electron chi connectivity index (χ1n) is 3.73. The van der Waals surface area contributed by atoms with E-state index in [0.29, 0.717) is 5.03 Å². The topological polar surface area (TPSA) is 64.4 Å². The van der Waals surface area contributed by atoms with Crippen LogP contribution >= 0.6 is 11.9 Å². The Morgan fingerprint density at radius 2 is 1.92 bits per heavy atom. The molecule has 0 aliphatic rings. The summed E-state index contributed by atoms with van der Waals surface area (Å²) in [6.07, 6.45) is 1.81. The predicted octanol–water partition coefficient (Wildman–Crippen LogP) is 1.51. The van der Waals surface area contributed by atoms with Crippen LogP contribution in [-0.2, 0) is 0 Å². The molecule has 0 saturated carbocycles. The second kappa shape index (κ2) is 4.52. The summed E-state index contributed by atoms with van der Waals surface area (Å²) >= 11 is 1.04. The van der Waals surface area contributed by atoms with Crippen LogP contribution in [0.15, 0.2) is 16.1 Å². The molecule has 0 unspecified atom stereocenters. The lowest BCUT2D eigenvalue weighted by Crippen LogP contribution is -2.19. The van der Waals surface area contributed by atoms with E-state index in [4.69, 9.17) is 10.9 Å². The third kappa shape index (κ3) is 3.78. The number of nitrogens with two attached hydrogens (primary N) is 2. The van der Waals surface area contributed by atoms with Crippen LogP contribution in [0.25, 0.3) is 0 Å². The minimum atomic E-state index is 0.0229. The highest BCUT2D eigenvalue weighted by atomic mass is 32.2. The molecule has 0 aliphatic carbocycles. The van der Waals surface area contributed by atoms with Crippen molar-refractivity contribution >= 4 is 17.7 Å². The molecule has 0 atom stereocenters. The molecule has 0 aromatic rings. The smallest absolute Gasteiger partial charge is 0.0824 e. The van der Waals surface area contributed by atoms with Crippen LogP contribution in [0.3, 0.4) is 0 Å². The van der Waals surface area contributed by atoms with Crippen molar-refractivity contribution in [3.8, 4) is 0 Å². The molecular weight excluding hydrogens is 170 g/mol. The number of aliphatic imine (C=N–C) groups is 1. The van der Waals surface area contributed by atoms with Crippen molar-refractivity contribution in [2.75, 3.05) is 7.05 Å². The highest BCUT2D eigenvalue weighted by molar-refractivity contribution is 8.00. The first kappa shape index (κ1) is 11.5. The molecule has 12 heavy (non-hydrogen) atoms. The number of nitrogens with zero attached hydrogens (tertiary/aromatic N) is 1. The van der Waals surface area contributed by atoms with Crippen molar-refractivity contribution in [1.29, 1.82) is 0 Å². The largest absolute Gasteiger partial charge is 0.392 e. The Labute approximate surface area is 78.4 Å². The van der Waals surface area contributed by atoms with Crippen LogP contribution in [-0.4, -0.2) is 12.8 Å². The highest BCUT2D eigenvalue weighted by Crippen LogP contribution is 2.18. The van der Waals surface area contributed by atoms with Gasteiger partial charge in [0, 0.05) is 18.2 Å². The number of rotatable bonds is 2. The summed E-state index contributed by atoms with van der Waals surface area (Å²) in [4.78, 5) is 4.14. The van der Waals surface area contributed by atoms with Gasteiger partial charge in [0.1, 0.15) is 0 Å². The van der Waals surface area contributed by atoms with Gasteiger partial charge in [0.25, 0.3) is 0 Å². The molecule has 0 amide bonds. The maximum Gasteiger partial charge on any atom is 0.0824 e. The molecule has 0 rings (SSSR count). The van der Waals surface area contributed by atoms with Crippen LogP contribution in [0.1, 0.15) is 20.8 Å². The third-order valence-corrected chi connectivity index (χ3v) is 1.81. The Kier molecular flexibility index (Phi) is 4.34. The minimum absolute atomic E-state index is 0.0229. The van der Waals surface area contributed by atoms with Gasteiger partial charge in [-0.25, -0.2) is 0 Å². The Morgan fingerprint density at radius 1 is 1.42 bits per heavy atom. The van der Waals surface area contributed by atoms with Crippen LogP contribution in [0.5, 0.6) is 0 Å². The lowest BCUT2D eigenvalue weighted by atomic mass is 9.90. The summed E-state index contributed by atoms with van der Waals surface area (Å²) in [7, 11) is 1.76. The second-order valence-electron chi connectivity index (χ2n) is 3.52. The minimum Gasteiger partial charge on any atom is -0.392 e. The maximum absolute atomic E-state index is 5.56. The fourth-order valence-corrected chi connectivity index (χ4v) is 0.965. The average molecular weight is 187 g/mol. The third-order valence-electron chi connectivity index (χ3n) is 1.42. The van der Waals surface area contributed by atoms with Gasteiger partial charge in [-0.3, -0.25) is 10.1 Å². The van der Waals surface area contributed by atoms with E-state index in [0.717, 1.165) is 17.7 Å². The summed E-state index contributed by atoms with van der Waals surface area (Å²) in [6, 6.07) is 0. The summed E-state index contributed by atoms with van der Waals surface area (Å²) in [5, 5.41) is 5.88. The number of hydrogen-bond acceptors (Lipinski definition) is 4. The van der Waals surface area contributed by atoms with E-state index in [1.54, 1.807) is 7.05 Å². The summed E-state index contributed by atoms with van der Waals surface area (Å²) < 4.78 is 0. The van der Waals surface area contributed by atoms with Gasteiger partial charge in [-0.05, 0) is 18.0 Å². The van der Waals surface area contributed by atoms with Gasteiger partial charge in [-0.2, -0.15) is 0 Å². The van der Waals surface area contributed by atoms with Crippen molar-refractivity contribution in [2.24, 2.45) is 21.3 Å². The number of hydrogen-bond donors (Lipinski definition) is 2. The summed E-state index contributed by atoms with van der Waals surface area (Å²) in [5.74, 6) is 0. The predicted molar refractivity (Wildman–Crippen MR) is 56.9 cm³/mol. The van der Waals surface area contributed by atoms with Gasteiger partial charge in [0.05, 0.1) is 5.03 Å². The SMILES string of the molecule is CN=C(C=C(N)SN)C(C)(C)C. The number of allylic oxidation sites excluding steroid dienone is 1. The average Bonchev–Trinajstić information content (AvgIpc) is 1.97. The Bertz CT molecular complexity index is 201. The zero-order valence-electron chi connectivity index (χ0n) is 8.09. The van der Waals surface area contributed by atoms with Gasteiger partial charge in [-0.1, -0.05) is 20.8 Å². The molecule has 0 bridgehead atoms. The normalized spacial score (nSPS) is 15.1. The first-order chi connectivity index (χ1) is 5.41. The van der Waals surface area contributed by atoms with Gasteiger partial charge in [0.2, 0.25) is 0 Å². The standard InChI is InChI=1S/C8H17N3S/c1-8(2,3)6(11-4)5-7(9)12-10/h5H,9-10H2,1-4H3. The molecule has 0 spiro atoms. The molecule has 4 N–H and O–H groups in total. The highest BCUT2D eigenvalue weighted by Gasteiger charge is 2.16. The Hall–Kier alpha value is -0.480. The van der Waals surface area contributed by atoms with Crippen molar-refractivity contribution in [1.82, 2.24) is 0 Å². The van der Waals surface area contributed by atoms with E-state index in [1.807, 2.05) is 6.08 Å². The molecule has 0 fully saturated rings. The van der Waals surface area contributed by atoms with E-state index in [1.165, 1.54) is 0 Å². The monoisotopic (exact) mass is 187 g/mol. The second-order valence-corrected chi connectivity index (χ2v) is 4.23. The lowest BCUT2D eigenvalue weighted by molar-refractivity contribution is 0.593. The van der Waals surface area contributed by atoms with Gasteiger partial charge < -0.3 is 5.73 Å². The molecular formula is C8H17N3S. The van der Waals surface area contributed by atoms with Crippen LogP contribution in [0.4, 0.5) is 0 Å². The van der Waals surface area contributed by atoms with E-state index >= 15 is 0 Å². The van der Waals surface area contributed by atoms with Crippen LogP contribution in [0.2, 0.25) is 0 Å². The van der Waals surface area contributed by atoms with Crippen molar-refractivity contribution in [3.63, 3.8) is 0 Å². The van der Waals surface area contributed by atoms with Crippen molar-refractivity contribution in [2.45, 2.75) is 20.8 Å².